The Morgan fingerprint density at radius 3 is 2.41 bits per heavy atom. The second-order valence-corrected chi connectivity index (χ2v) is 5.71. The van der Waals surface area contributed by atoms with E-state index in [0.29, 0.717) is 22.7 Å². The summed E-state index contributed by atoms with van der Waals surface area (Å²) in [7, 11) is 3.09. The number of carbonyl (C=O) groups is 2. The highest BCUT2D eigenvalue weighted by Gasteiger charge is 2.24. The molecule has 3 rings (SSSR count). The minimum absolute atomic E-state index is 0.160. The third-order valence-electron chi connectivity index (χ3n) is 3.78. The second kappa shape index (κ2) is 7.74. The van der Waals surface area contributed by atoms with Gasteiger partial charge < -0.3 is 19.5 Å². The fraction of sp³-hybridized carbons (Fsp3) is 0.150. The Morgan fingerprint density at radius 1 is 1.07 bits per heavy atom. The number of cyclic esters (lactones) is 1. The Labute approximate surface area is 156 Å². The molecule has 0 aliphatic carbocycles. The van der Waals surface area contributed by atoms with Gasteiger partial charge in [-0.05, 0) is 48.0 Å². The van der Waals surface area contributed by atoms with E-state index in [1.54, 1.807) is 62.8 Å². The first-order chi connectivity index (χ1) is 13.0. The number of aliphatic imine (C=N–C) groups is 1. The van der Waals surface area contributed by atoms with Crippen molar-refractivity contribution in [3.8, 4) is 11.5 Å². The third kappa shape index (κ3) is 4.14. The second-order valence-electron chi connectivity index (χ2n) is 5.71. The molecule has 1 aliphatic heterocycles. The van der Waals surface area contributed by atoms with Crippen molar-refractivity contribution in [3.05, 3.63) is 59.3 Å². The average molecular weight is 366 g/mol. The van der Waals surface area contributed by atoms with E-state index >= 15 is 0 Å². The SMILES string of the molecule is COc1ccc(/C=C2/N=C(c3ccc(NC(C)=O)cc3)OC2=O)cc1OC. The zero-order valence-electron chi connectivity index (χ0n) is 15.1. The van der Waals surface area contributed by atoms with E-state index in [1.165, 1.54) is 6.92 Å². The molecule has 0 fully saturated rings. The molecule has 27 heavy (non-hydrogen) atoms. The van der Waals surface area contributed by atoms with Crippen LogP contribution < -0.4 is 14.8 Å². The van der Waals surface area contributed by atoms with Gasteiger partial charge in [-0.15, -0.1) is 0 Å². The molecule has 7 heteroatoms. The van der Waals surface area contributed by atoms with E-state index in [2.05, 4.69) is 10.3 Å². The van der Waals surface area contributed by atoms with Crippen LogP contribution in [-0.2, 0) is 14.3 Å². The van der Waals surface area contributed by atoms with Crippen molar-refractivity contribution in [2.75, 3.05) is 19.5 Å². The number of hydrogen-bond donors (Lipinski definition) is 1. The molecule has 0 atom stereocenters. The Balaban J connectivity index is 1.85. The quantitative estimate of drug-likeness (QED) is 0.649. The number of carbonyl (C=O) groups excluding carboxylic acids is 2. The summed E-state index contributed by atoms with van der Waals surface area (Å²) < 4.78 is 15.7. The van der Waals surface area contributed by atoms with Crippen LogP contribution in [0.25, 0.3) is 6.08 Å². The Kier molecular flexibility index (Phi) is 5.21. The van der Waals surface area contributed by atoms with Crippen LogP contribution in [0.2, 0.25) is 0 Å². The Bertz CT molecular complexity index is 945. The van der Waals surface area contributed by atoms with Crippen LogP contribution in [0.5, 0.6) is 11.5 Å². The van der Waals surface area contributed by atoms with Gasteiger partial charge >= 0.3 is 5.97 Å². The molecule has 0 bridgehead atoms. The van der Waals surface area contributed by atoms with Crippen molar-refractivity contribution in [1.82, 2.24) is 0 Å². The van der Waals surface area contributed by atoms with Crippen LogP contribution in [0.1, 0.15) is 18.1 Å². The number of hydrogen-bond acceptors (Lipinski definition) is 6. The minimum atomic E-state index is -0.536. The highest BCUT2D eigenvalue weighted by atomic mass is 16.6. The number of rotatable bonds is 5. The largest absolute Gasteiger partial charge is 0.493 e. The van der Waals surface area contributed by atoms with E-state index in [9.17, 15) is 9.59 Å². The van der Waals surface area contributed by atoms with Crippen molar-refractivity contribution >= 4 is 29.5 Å². The zero-order chi connectivity index (χ0) is 19.4. The maximum absolute atomic E-state index is 12.1. The van der Waals surface area contributed by atoms with Gasteiger partial charge in [0.05, 0.1) is 14.2 Å². The summed E-state index contributed by atoms with van der Waals surface area (Å²) in [6, 6.07) is 12.1. The van der Waals surface area contributed by atoms with Crippen molar-refractivity contribution in [2.45, 2.75) is 6.92 Å². The number of esters is 1. The molecular weight excluding hydrogens is 348 g/mol. The van der Waals surface area contributed by atoms with Crippen molar-refractivity contribution in [3.63, 3.8) is 0 Å². The molecule has 1 aliphatic rings. The standard InChI is InChI=1S/C20H18N2O5/c1-12(23)21-15-7-5-14(6-8-15)19-22-16(20(24)27-19)10-13-4-9-17(25-2)18(11-13)26-3/h4-11H,1-3H3,(H,21,23)/b16-10+. The normalized spacial score (nSPS) is 14.6. The molecule has 0 saturated carbocycles. The molecular formula is C20H18N2O5. The van der Waals surface area contributed by atoms with Gasteiger partial charge in [-0.25, -0.2) is 9.79 Å². The maximum Gasteiger partial charge on any atom is 0.363 e. The molecule has 2 aromatic rings. The average Bonchev–Trinajstić information content (AvgIpc) is 3.02. The maximum atomic E-state index is 12.1. The number of benzene rings is 2. The topological polar surface area (TPSA) is 86.2 Å². The molecule has 0 unspecified atom stereocenters. The summed E-state index contributed by atoms with van der Waals surface area (Å²) in [5.74, 6) is 0.660. The van der Waals surface area contributed by atoms with Crippen LogP contribution >= 0.6 is 0 Å². The van der Waals surface area contributed by atoms with Crippen molar-refractivity contribution in [1.29, 1.82) is 0 Å². The van der Waals surface area contributed by atoms with Crippen LogP contribution in [0, 0.1) is 0 Å². The van der Waals surface area contributed by atoms with Gasteiger partial charge in [-0.2, -0.15) is 0 Å². The summed E-state index contributed by atoms with van der Waals surface area (Å²) >= 11 is 0. The van der Waals surface area contributed by atoms with Crippen molar-refractivity contribution in [2.24, 2.45) is 4.99 Å². The van der Waals surface area contributed by atoms with E-state index in [-0.39, 0.29) is 17.5 Å². The predicted molar refractivity (Wildman–Crippen MR) is 101 cm³/mol. The number of nitrogens with zero attached hydrogens (tertiary/aromatic N) is 1. The van der Waals surface area contributed by atoms with Gasteiger partial charge in [0.15, 0.2) is 17.2 Å². The number of nitrogens with one attached hydrogen (secondary N) is 1. The summed E-state index contributed by atoms with van der Waals surface area (Å²) in [6.45, 7) is 1.43. The van der Waals surface area contributed by atoms with Crippen LogP contribution in [0.15, 0.2) is 53.2 Å². The molecule has 0 radical (unpaired) electrons. The van der Waals surface area contributed by atoms with E-state index in [1.807, 2.05) is 0 Å². The molecule has 0 spiro atoms. The smallest absolute Gasteiger partial charge is 0.363 e. The summed E-state index contributed by atoms with van der Waals surface area (Å²) in [5.41, 5.74) is 2.19. The summed E-state index contributed by atoms with van der Waals surface area (Å²) in [4.78, 5) is 27.5. The van der Waals surface area contributed by atoms with Crippen molar-refractivity contribution < 1.29 is 23.8 Å². The van der Waals surface area contributed by atoms with E-state index < -0.39 is 5.97 Å². The Morgan fingerprint density at radius 2 is 1.78 bits per heavy atom. The van der Waals surface area contributed by atoms with Gasteiger partial charge in [0.25, 0.3) is 0 Å². The lowest BCUT2D eigenvalue weighted by atomic mass is 10.1. The Hall–Kier alpha value is -3.61. The monoisotopic (exact) mass is 366 g/mol. The van der Waals surface area contributed by atoms with Gasteiger partial charge in [0.2, 0.25) is 11.8 Å². The van der Waals surface area contributed by atoms with E-state index in [0.717, 1.165) is 5.56 Å². The van der Waals surface area contributed by atoms with Crippen LogP contribution in [0.4, 0.5) is 5.69 Å². The first-order valence-corrected chi connectivity index (χ1v) is 8.13. The third-order valence-corrected chi connectivity index (χ3v) is 3.78. The van der Waals surface area contributed by atoms with Gasteiger partial charge in [-0.1, -0.05) is 6.07 Å². The molecule has 0 saturated heterocycles. The fourth-order valence-corrected chi connectivity index (χ4v) is 2.53. The highest BCUT2D eigenvalue weighted by molar-refractivity contribution is 6.13. The number of anilines is 1. The fourth-order valence-electron chi connectivity index (χ4n) is 2.53. The number of ether oxygens (including phenoxy) is 3. The predicted octanol–water partition coefficient (Wildman–Crippen LogP) is 3.01. The van der Waals surface area contributed by atoms with Gasteiger partial charge in [0.1, 0.15) is 0 Å². The van der Waals surface area contributed by atoms with E-state index in [4.69, 9.17) is 14.2 Å². The molecule has 0 aromatic heterocycles. The summed E-state index contributed by atoms with van der Waals surface area (Å²) in [5, 5.41) is 2.67. The molecule has 1 heterocycles. The first kappa shape index (κ1) is 18.2. The van der Waals surface area contributed by atoms with Crippen LogP contribution in [0.3, 0.4) is 0 Å². The number of amides is 1. The first-order valence-electron chi connectivity index (χ1n) is 8.13. The van der Waals surface area contributed by atoms with Gasteiger partial charge in [0, 0.05) is 18.2 Å². The van der Waals surface area contributed by atoms with Crippen LogP contribution in [-0.4, -0.2) is 32.0 Å². The molecule has 1 amide bonds. The molecule has 1 N–H and O–H groups in total. The lowest BCUT2D eigenvalue weighted by Gasteiger charge is -2.07. The number of methoxy groups -OCH3 is 2. The molecule has 138 valence electrons. The van der Waals surface area contributed by atoms with Gasteiger partial charge in [-0.3, -0.25) is 4.79 Å². The highest BCUT2D eigenvalue weighted by Crippen LogP contribution is 2.29. The molecule has 2 aromatic carbocycles. The summed E-state index contributed by atoms with van der Waals surface area (Å²) in [6.07, 6.45) is 1.61. The lowest BCUT2D eigenvalue weighted by molar-refractivity contribution is -0.129. The lowest BCUT2D eigenvalue weighted by Crippen LogP contribution is -2.07. The molecule has 7 nitrogen and oxygen atoms in total. The minimum Gasteiger partial charge on any atom is -0.493 e. The zero-order valence-corrected chi connectivity index (χ0v) is 15.1.